The number of aliphatic hydroxyl groups excluding tert-OH is 1. The summed E-state index contributed by atoms with van der Waals surface area (Å²) in [6, 6.07) is 12.6. The van der Waals surface area contributed by atoms with Gasteiger partial charge in [-0.15, -0.1) is 5.10 Å². The Morgan fingerprint density at radius 3 is 2.83 bits per heavy atom. The van der Waals surface area contributed by atoms with Crippen LogP contribution < -0.4 is 4.74 Å². The molecular weight excluding hydrogens is 394 g/mol. The third-order valence-corrected chi connectivity index (χ3v) is 4.67. The molecule has 4 rings (SSSR count). The zero-order valence-corrected chi connectivity index (χ0v) is 16.1. The molecule has 2 aromatic carbocycles. The number of tetrazole rings is 1. The highest BCUT2D eigenvalue weighted by molar-refractivity contribution is 6.31. The van der Waals surface area contributed by atoms with E-state index in [2.05, 4.69) is 20.5 Å². The van der Waals surface area contributed by atoms with Gasteiger partial charge in [0.05, 0.1) is 13.7 Å². The fourth-order valence-electron chi connectivity index (χ4n) is 2.96. The number of methoxy groups -OCH3 is 1. The standard InChI is InChI=1S/C20H16ClN5O3/c1-29-14-5-2-12(3-6-14)11-26-20(23-24-25-26)19(28)9-18(27)16-10-22-17-7-4-13(21)8-15(16)17/h2-10,22,27H,11H2,1H3/b18-9-. The number of nitrogens with one attached hydrogen (secondary N) is 1. The van der Waals surface area contributed by atoms with Crippen molar-refractivity contribution in [2.45, 2.75) is 6.54 Å². The monoisotopic (exact) mass is 409 g/mol. The summed E-state index contributed by atoms with van der Waals surface area (Å²) < 4.78 is 6.51. The molecule has 2 heterocycles. The van der Waals surface area contributed by atoms with E-state index in [1.165, 1.54) is 4.68 Å². The van der Waals surface area contributed by atoms with Gasteiger partial charge < -0.3 is 14.8 Å². The lowest BCUT2D eigenvalue weighted by molar-refractivity contribution is 0.103. The number of aromatic amines is 1. The molecule has 0 radical (unpaired) electrons. The van der Waals surface area contributed by atoms with Gasteiger partial charge in [0.25, 0.3) is 0 Å². The third kappa shape index (κ3) is 3.83. The second-order valence-electron chi connectivity index (χ2n) is 6.29. The zero-order valence-electron chi connectivity index (χ0n) is 15.3. The molecule has 0 spiro atoms. The van der Waals surface area contributed by atoms with E-state index in [0.717, 1.165) is 22.9 Å². The summed E-state index contributed by atoms with van der Waals surface area (Å²) in [5.74, 6) is 0.0265. The van der Waals surface area contributed by atoms with E-state index in [0.29, 0.717) is 22.5 Å². The van der Waals surface area contributed by atoms with Crippen LogP contribution in [0, 0.1) is 0 Å². The number of allylic oxidation sites excluding steroid dienone is 1. The highest BCUT2D eigenvalue weighted by Crippen LogP contribution is 2.26. The van der Waals surface area contributed by atoms with Crippen LogP contribution in [-0.4, -0.2) is 43.2 Å². The molecule has 0 saturated heterocycles. The molecule has 0 aliphatic heterocycles. The SMILES string of the molecule is COc1ccc(Cn2nnnc2C(=O)/C=C(\O)c2c[nH]c3ccc(Cl)cc23)cc1. The van der Waals surface area contributed by atoms with Crippen molar-refractivity contribution >= 4 is 34.0 Å². The number of hydrogen-bond donors (Lipinski definition) is 2. The maximum atomic E-state index is 12.7. The lowest BCUT2D eigenvalue weighted by atomic mass is 10.1. The van der Waals surface area contributed by atoms with Gasteiger partial charge in [-0.1, -0.05) is 23.7 Å². The number of carbonyl (C=O) groups excluding carboxylic acids is 1. The fraction of sp³-hybridized carbons (Fsp3) is 0.100. The van der Waals surface area contributed by atoms with Crippen molar-refractivity contribution in [2.75, 3.05) is 7.11 Å². The predicted octanol–water partition coefficient (Wildman–Crippen LogP) is 3.65. The van der Waals surface area contributed by atoms with Gasteiger partial charge in [-0.25, -0.2) is 4.68 Å². The molecule has 2 aromatic heterocycles. The summed E-state index contributed by atoms with van der Waals surface area (Å²) in [4.78, 5) is 15.7. The number of ketones is 1. The summed E-state index contributed by atoms with van der Waals surface area (Å²) in [6.45, 7) is 0.301. The van der Waals surface area contributed by atoms with Gasteiger partial charge in [0.15, 0.2) is 0 Å². The molecule has 0 aliphatic carbocycles. The minimum Gasteiger partial charge on any atom is -0.507 e. The normalized spacial score (nSPS) is 11.7. The molecule has 0 amide bonds. The van der Waals surface area contributed by atoms with Crippen LogP contribution in [0.1, 0.15) is 21.7 Å². The van der Waals surface area contributed by atoms with Gasteiger partial charge in [-0.3, -0.25) is 4.79 Å². The van der Waals surface area contributed by atoms with Crippen molar-refractivity contribution < 1.29 is 14.6 Å². The lowest BCUT2D eigenvalue weighted by Gasteiger charge is -2.05. The first kappa shape index (κ1) is 18.7. The van der Waals surface area contributed by atoms with Crippen LogP contribution in [0.3, 0.4) is 0 Å². The van der Waals surface area contributed by atoms with Crippen molar-refractivity contribution in [3.8, 4) is 5.75 Å². The Morgan fingerprint density at radius 2 is 2.07 bits per heavy atom. The van der Waals surface area contributed by atoms with Crippen molar-refractivity contribution in [1.29, 1.82) is 0 Å². The number of nitrogens with zero attached hydrogens (tertiary/aromatic N) is 4. The Balaban J connectivity index is 1.59. The summed E-state index contributed by atoms with van der Waals surface area (Å²) in [7, 11) is 1.59. The smallest absolute Gasteiger partial charge is 0.228 e. The molecule has 0 saturated carbocycles. The van der Waals surface area contributed by atoms with Gasteiger partial charge in [0, 0.05) is 33.8 Å². The minimum atomic E-state index is -0.516. The van der Waals surface area contributed by atoms with Crippen LogP contribution in [0.4, 0.5) is 0 Å². The number of benzene rings is 2. The van der Waals surface area contributed by atoms with Gasteiger partial charge in [0.1, 0.15) is 11.5 Å². The van der Waals surface area contributed by atoms with Crippen LogP contribution in [0.25, 0.3) is 16.7 Å². The first-order valence-corrected chi connectivity index (χ1v) is 9.04. The van der Waals surface area contributed by atoms with Crippen LogP contribution in [0.15, 0.2) is 54.7 Å². The topological polar surface area (TPSA) is 106 Å². The Kier molecular flexibility index (Phi) is 5.01. The van der Waals surface area contributed by atoms with E-state index < -0.39 is 5.78 Å². The minimum absolute atomic E-state index is 0.0187. The average molecular weight is 410 g/mol. The Hall–Kier alpha value is -3.65. The molecule has 0 unspecified atom stereocenters. The molecule has 0 atom stereocenters. The molecule has 0 aliphatic rings. The van der Waals surface area contributed by atoms with Crippen molar-refractivity contribution in [3.63, 3.8) is 0 Å². The van der Waals surface area contributed by atoms with Crippen LogP contribution in [-0.2, 0) is 6.54 Å². The number of carbonyl (C=O) groups is 1. The molecule has 9 heteroatoms. The van der Waals surface area contributed by atoms with E-state index in [4.69, 9.17) is 16.3 Å². The van der Waals surface area contributed by atoms with Gasteiger partial charge >= 0.3 is 0 Å². The number of halogens is 1. The third-order valence-electron chi connectivity index (χ3n) is 4.43. The van der Waals surface area contributed by atoms with Gasteiger partial charge in [-0.05, 0) is 46.3 Å². The quantitative estimate of drug-likeness (QED) is 0.286. The van der Waals surface area contributed by atoms with Gasteiger partial charge in [0.2, 0.25) is 11.6 Å². The summed E-state index contributed by atoms with van der Waals surface area (Å²) in [5.41, 5.74) is 2.15. The lowest BCUT2D eigenvalue weighted by Crippen LogP contribution is -2.11. The first-order valence-electron chi connectivity index (χ1n) is 8.66. The second-order valence-corrected chi connectivity index (χ2v) is 6.73. The number of aromatic nitrogens is 5. The predicted molar refractivity (Wildman–Crippen MR) is 108 cm³/mol. The van der Waals surface area contributed by atoms with Crippen LogP contribution in [0.2, 0.25) is 5.02 Å². The molecule has 29 heavy (non-hydrogen) atoms. The van der Waals surface area contributed by atoms with E-state index in [1.54, 1.807) is 31.5 Å². The highest BCUT2D eigenvalue weighted by atomic mass is 35.5. The molecular formula is C20H16ClN5O3. The fourth-order valence-corrected chi connectivity index (χ4v) is 3.13. The van der Waals surface area contributed by atoms with E-state index in [9.17, 15) is 9.90 Å². The second kappa shape index (κ2) is 7.76. The highest BCUT2D eigenvalue weighted by Gasteiger charge is 2.17. The Bertz CT molecular complexity index is 1210. The summed E-state index contributed by atoms with van der Waals surface area (Å²) >= 11 is 6.04. The van der Waals surface area contributed by atoms with E-state index >= 15 is 0 Å². The van der Waals surface area contributed by atoms with Crippen molar-refractivity contribution in [3.05, 3.63) is 76.7 Å². The van der Waals surface area contributed by atoms with Crippen molar-refractivity contribution in [1.82, 2.24) is 25.2 Å². The summed E-state index contributed by atoms with van der Waals surface area (Å²) in [6.07, 6.45) is 2.71. The maximum absolute atomic E-state index is 12.7. The maximum Gasteiger partial charge on any atom is 0.228 e. The van der Waals surface area contributed by atoms with Crippen molar-refractivity contribution in [2.24, 2.45) is 0 Å². The number of H-pyrrole nitrogens is 1. The summed E-state index contributed by atoms with van der Waals surface area (Å²) in [5, 5.41) is 23.0. The zero-order chi connectivity index (χ0) is 20.4. The Labute approximate surface area is 170 Å². The molecule has 0 bridgehead atoms. The molecule has 0 fully saturated rings. The molecule has 4 aromatic rings. The first-order chi connectivity index (χ1) is 14.0. The number of ether oxygens (including phenoxy) is 1. The average Bonchev–Trinajstić information content (AvgIpc) is 3.35. The van der Waals surface area contributed by atoms with Gasteiger partial charge in [-0.2, -0.15) is 0 Å². The van der Waals surface area contributed by atoms with E-state index in [-0.39, 0.29) is 11.6 Å². The molecule has 146 valence electrons. The number of rotatable bonds is 6. The number of hydrogen-bond acceptors (Lipinski definition) is 6. The Morgan fingerprint density at radius 1 is 1.28 bits per heavy atom. The van der Waals surface area contributed by atoms with E-state index in [1.807, 2.05) is 24.3 Å². The number of fused-ring (bicyclic) bond motifs is 1. The molecule has 8 nitrogen and oxygen atoms in total. The largest absolute Gasteiger partial charge is 0.507 e. The number of aliphatic hydroxyl groups is 1. The van der Waals surface area contributed by atoms with Crippen LogP contribution >= 0.6 is 11.6 Å². The molecule has 2 N–H and O–H groups in total. The van der Waals surface area contributed by atoms with Crippen LogP contribution in [0.5, 0.6) is 5.75 Å².